The van der Waals surface area contributed by atoms with Gasteiger partial charge < -0.3 is 15.7 Å². The monoisotopic (exact) mass is 281 g/mol. The number of aliphatic carboxylic acids is 1. The van der Waals surface area contributed by atoms with E-state index in [0.717, 1.165) is 0 Å². The summed E-state index contributed by atoms with van der Waals surface area (Å²) < 4.78 is 0. The zero-order valence-electron chi connectivity index (χ0n) is 11.3. The van der Waals surface area contributed by atoms with Gasteiger partial charge in [0.05, 0.1) is 4.92 Å². The van der Waals surface area contributed by atoms with E-state index in [-0.39, 0.29) is 11.4 Å². The minimum absolute atomic E-state index is 0.125. The van der Waals surface area contributed by atoms with Gasteiger partial charge >= 0.3 is 12.0 Å². The molecule has 1 aromatic carbocycles. The summed E-state index contributed by atoms with van der Waals surface area (Å²) in [6.45, 7) is 4.23. The van der Waals surface area contributed by atoms with Crippen LogP contribution in [0.15, 0.2) is 18.2 Å². The number of aryl methyl sites for hydroxylation is 1. The summed E-state index contributed by atoms with van der Waals surface area (Å²) in [5.74, 6) is -1.19. The number of nitro benzene ring substituents is 1. The Morgan fingerprint density at radius 3 is 2.45 bits per heavy atom. The largest absolute Gasteiger partial charge is 0.480 e. The molecule has 0 heterocycles. The van der Waals surface area contributed by atoms with Crippen LogP contribution in [0.25, 0.3) is 0 Å². The summed E-state index contributed by atoms with van der Waals surface area (Å²) in [4.78, 5) is 32.7. The van der Waals surface area contributed by atoms with E-state index in [1.54, 1.807) is 6.92 Å². The number of carboxylic acid groups (broad SMARTS) is 1. The van der Waals surface area contributed by atoms with E-state index in [0.29, 0.717) is 5.56 Å². The molecule has 0 saturated carbocycles. The number of carbonyl (C=O) groups excluding carboxylic acids is 1. The predicted octanol–water partition coefficient (Wildman–Crippen LogP) is 1.89. The second kappa shape index (κ2) is 5.55. The third-order valence-electron chi connectivity index (χ3n) is 2.62. The molecular weight excluding hydrogens is 266 g/mol. The normalized spacial score (nSPS) is 10.8. The summed E-state index contributed by atoms with van der Waals surface area (Å²) in [5.41, 5.74) is -0.895. The Bertz CT molecular complexity index is 568. The van der Waals surface area contributed by atoms with Crippen LogP contribution in [0.3, 0.4) is 0 Å². The molecule has 0 aliphatic heterocycles. The second-order valence-corrected chi connectivity index (χ2v) is 4.77. The van der Waals surface area contributed by atoms with Crippen molar-refractivity contribution in [1.82, 2.24) is 5.32 Å². The average molecular weight is 281 g/mol. The molecule has 0 aliphatic carbocycles. The highest BCUT2D eigenvalue weighted by atomic mass is 16.6. The molecular formula is C12H15N3O5. The number of anilines is 1. The minimum atomic E-state index is -1.44. The van der Waals surface area contributed by atoms with Crippen LogP contribution in [0.2, 0.25) is 0 Å². The molecule has 8 nitrogen and oxygen atoms in total. The van der Waals surface area contributed by atoms with Gasteiger partial charge in [-0.3, -0.25) is 10.1 Å². The van der Waals surface area contributed by atoms with Gasteiger partial charge in [-0.05, 0) is 26.8 Å². The Kier molecular flexibility index (Phi) is 4.28. The number of carbonyl (C=O) groups is 2. The lowest BCUT2D eigenvalue weighted by atomic mass is 10.1. The molecule has 3 N–H and O–H groups in total. The molecule has 1 aromatic rings. The highest BCUT2D eigenvalue weighted by Crippen LogP contribution is 2.22. The van der Waals surface area contributed by atoms with Crippen molar-refractivity contribution in [3.63, 3.8) is 0 Å². The van der Waals surface area contributed by atoms with Crippen LogP contribution in [0.4, 0.5) is 16.2 Å². The maximum Gasteiger partial charge on any atom is 0.328 e. The zero-order chi connectivity index (χ0) is 15.5. The molecule has 20 heavy (non-hydrogen) atoms. The summed E-state index contributed by atoms with van der Waals surface area (Å²) in [7, 11) is 0. The molecule has 0 radical (unpaired) electrons. The maximum absolute atomic E-state index is 11.6. The lowest BCUT2D eigenvalue weighted by Crippen LogP contribution is -2.51. The highest BCUT2D eigenvalue weighted by Gasteiger charge is 2.29. The molecule has 2 amide bonds. The van der Waals surface area contributed by atoms with Crippen LogP contribution in [-0.2, 0) is 4.79 Å². The van der Waals surface area contributed by atoms with E-state index in [9.17, 15) is 19.7 Å². The fourth-order valence-electron chi connectivity index (χ4n) is 1.38. The van der Waals surface area contributed by atoms with E-state index < -0.39 is 22.5 Å². The number of amides is 2. The van der Waals surface area contributed by atoms with Gasteiger partial charge in [0.15, 0.2) is 0 Å². The average Bonchev–Trinajstić information content (AvgIpc) is 2.30. The lowest BCUT2D eigenvalue weighted by molar-refractivity contribution is -0.385. The molecule has 0 spiro atoms. The molecule has 0 unspecified atom stereocenters. The first-order valence-corrected chi connectivity index (χ1v) is 5.71. The van der Waals surface area contributed by atoms with Crippen LogP contribution in [-0.4, -0.2) is 27.6 Å². The Morgan fingerprint density at radius 2 is 1.95 bits per heavy atom. The lowest BCUT2D eigenvalue weighted by Gasteiger charge is -2.21. The van der Waals surface area contributed by atoms with Crippen LogP contribution < -0.4 is 10.6 Å². The van der Waals surface area contributed by atoms with Gasteiger partial charge in [-0.2, -0.15) is 0 Å². The van der Waals surface area contributed by atoms with Gasteiger partial charge in [0.25, 0.3) is 5.69 Å². The quantitative estimate of drug-likeness (QED) is 0.574. The van der Waals surface area contributed by atoms with E-state index in [2.05, 4.69) is 10.6 Å². The Hall–Kier alpha value is -2.64. The molecule has 108 valence electrons. The molecule has 0 saturated heterocycles. The van der Waals surface area contributed by atoms with Crippen LogP contribution in [0.1, 0.15) is 19.4 Å². The molecule has 0 aromatic heterocycles. The van der Waals surface area contributed by atoms with E-state index in [1.165, 1.54) is 32.0 Å². The van der Waals surface area contributed by atoms with E-state index >= 15 is 0 Å². The standard InChI is InChI=1S/C12H15N3O5/c1-7-4-5-8(6-9(7)15(19)20)13-11(18)14-12(2,3)10(16)17/h4-6H,1-3H3,(H,16,17)(H2,13,14,18). The smallest absolute Gasteiger partial charge is 0.328 e. The van der Waals surface area contributed by atoms with Gasteiger partial charge in [0, 0.05) is 17.3 Å². The van der Waals surface area contributed by atoms with Gasteiger partial charge in [0.2, 0.25) is 0 Å². The number of hydrogen-bond donors (Lipinski definition) is 3. The van der Waals surface area contributed by atoms with Gasteiger partial charge in [-0.15, -0.1) is 0 Å². The van der Waals surface area contributed by atoms with Crippen molar-refractivity contribution in [2.45, 2.75) is 26.3 Å². The first-order chi connectivity index (χ1) is 9.13. The van der Waals surface area contributed by atoms with Crippen molar-refractivity contribution in [3.8, 4) is 0 Å². The number of nitrogens with one attached hydrogen (secondary N) is 2. The van der Waals surface area contributed by atoms with Crippen molar-refractivity contribution < 1.29 is 19.6 Å². The number of nitro groups is 1. The molecule has 0 atom stereocenters. The number of rotatable bonds is 4. The fourth-order valence-corrected chi connectivity index (χ4v) is 1.38. The van der Waals surface area contributed by atoms with Crippen LogP contribution >= 0.6 is 0 Å². The Balaban J connectivity index is 2.84. The van der Waals surface area contributed by atoms with Crippen molar-refractivity contribution in [1.29, 1.82) is 0 Å². The van der Waals surface area contributed by atoms with Crippen LogP contribution in [0, 0.1) is 17.0 Å². The summed E-state index contributed by atoms with van der Waals surface area (Å²) >= 11 is 0. The second-order valence-electron chi connectivity index (χ2n) is 4.77. The molecule has 0 fully saturated rings. The summed E-state index contributed by atoms with van der Waals surface area (Å²) in [6, 6.07) is 3.45. The number of hydrogen-bond acceptors (Lipinski definition) is 4. The van der Waals surface area contributed by atoms with E-state index in [4.69, 9.17) is 5.11 Å². The number of nitrogens with zero attached hydrogens (tertiary/aromatic N) is 1. The highest BCUT2D eigenvalue weighted by molar-refractivity contribution is 5.93. The van der Waals surface area contributed by atoms with Gasteiger partial charge in [0.1, 0.15) is 5.54 Å². The first-order valence-electron chi connectivity index (χ1n) is 5.71. The topological polar surface area (TPSA) is 122 Å². The summed E-state index contributed by atoms with van der Waals surface area (Å²) in [6.07, 6.45) is 0. The number of benzene rings is 1. The van der Waals surface area contributed by atoms with E-state index in [1.807, 2.05) is 0 Å². The SMILES string of the molecule is Cc1ccc(NC(=O)NC(C)(C)C(=O)O)cc1[N+](=O)[O-]. The molecule has 8 heteroatoms. The molecule has 0 bridgehead atoms. The zero-order valence-corrected chi connectivity index (χ0v) is 11.3. The maximum atomic E-state index is 11.6. The van der Waals surface area contributed by atoms with Crippen molar-refractivity contribution in [2.75, 3.05) is 5.32 Å². The third kappa shape index (κ3) is 3.67. The molecule has 0 aliphatic rings. The molecule has 1 rings (SSSR count). The Labute approximate surface area is 114 Å². The first kappa shape index (κ1) is 15.4. The van der Waals surface area contributed by atoms with Crippen LogP contribution in [0.5, 0.6) is 0 Å². The predicted molar refractivity (Wildman–Crippen MR) is 71.7 cm³/mol. The van der Waals surface area contributed by atoms with Crippen molar-refractivity contribution >= 4 is 23.4 Å². The third-order valence-corrected chi connectivity index (χ3v) is 2.62. The number of carboxylic acids is 1. The van der Waals surface area contributed by atoms with Gasteiger partial charge in [-0.1, -0.05) is 6.07 Å². The fraction of sp³-hybridized carbons (Fsp3) is 0.333. The minimum Gasteiger partial charge on any atom is -0.480 e. The van der Waals surface area contributed by atoms with Gasteiger partial charge in [-0.25, -0.2) is 9.59 Å². The van der Waals surface area contributed by atoms with Crippen molar-refractivity contribution in [2.24, 2.45) is 0 Å². The Morgan fingerprint density at radius 1 is 1.35 bits per heavy atom. The van der Waals surface area contributed by atoms with Crippen molar-refractivity contribution in [3.05, 3.63) is 33.9 Å². The summed E-state index contributed by atoms with van der Waals surface area (Å²) in [5, 5.41) is 24.3. The number of urea groups is 1.